The van der Waals surface area contributed by atoms with E-state index >= 15 is 0 Å². The SMILES string of the molecule is COC(=O)C(Cc1cc(C)c2cn(COCC[Si](C)(C)C)nc2c1)OC(=O)Oc1ccc([N+](=O)[O-])cc1. The summed E-state index contributed by atoms with van der Waals surface area (Å²) >= 11 is 0. The lowest BCUT2D eigenvalue weighted by atomic mass is 10.0. The highest BCUT2D eigenvalue weighted by molar-refractivity contribution is 6.76. The Morgan fingerprint density at radius 1 is 1.16 bits per heavy atom. The number of aromatic nitrogens is 2. The number of hydrogen-bond donors (Lipinski definition) is 0. The van der Waals surface area contributed by atoms with Crippen LogP contribution in [-0.2, 0) is 32.2 Å². The Labute approximate surface area is 215 Å². The van der Waals surface area contributed by atoms with E-state index in [0.717, 1.165) is 22.5 Å². The molecule has 2 aromatic carbocycles. The zero-order valence-electron chi connectivity index (χ0n) is 21.6. The van der Waals surface area contributed by atoms with E-state index in [1.807, 2.05) is 25.3 Å². The number of esters is 1. The number of carbonyl (C=O) groups is 2. The molecular weight excluding hydrogens is 498 g/mol. The van der Waals surface area contributed by atoms with E-state index in [9.17, 15) is 19.7 Å². The molecule has 198 valence electrons. The molecule has 0 aliphatic carbocycles. The summed E-state index contributed by atoms with van der Waals surface area (Å²) in [5.41, 5.74) is 2.23. The lowest BCUT2D eigenvalue weighted by Crippen LogP contribution is -2.31. The molecule has 0 aliphatic rings. The van der Waals surface area contributed by atoms with E-state index in [2.05, 4.69) is 24.7 Å². The minimum absolute atomic E-state index is 0.0362. The molecule has 3 aromatic rings. The molecule has 0 spiro atoms. The van der Waals surface area contributed by atoms with Crippen LogP contribution in [-0.4, -0.2) is 54.7 Å². The van der Waals surface area contributed by atoms with E-state index in [-0.39, 0.29) is 17.9 Å². The summed E-state index contributed by atoms with van der Waals surface area (Å²) < 4.78 is 22.6. The maximum atomic E-state index is 12.3. The van der Waals surface area contributed by atoms with Crippen molar-refractivity contribution in [3.05, 3.63) is 63.8 Å². The van der Waals surface area contributed by atoms with Gasteiger partial charge in [0.05, 0.1) is 17.5 Å². The fraction of sp³-hybridized carbons (Fsp3) is 0.400. The quantitative estimate of drug-likeness (QED) is 0.0852. The first-order chi connectivity index (χ1) is 17.4. The normalized spacial score (nSPS) is 12.2. The summed E-state index contributed by atoms with van der Waals surface area (Å²) in [6.07, 6.45) is -0.446. The summed E-state index contributed by atoms with van der Waals surface area (Å²) in [5.74, 6) is -0.714. The number of non-ortho nitro benzene ring substituents is 1. The van der Waals surface area contributed by atoms with Gasteiger partial charge in [0, 0.05) is 44.8 Å². The van der Waals surface area contributed by atoms with Gasteiger partial charge >= 0.3 is 12.1 Å². The van der Waals surface area contributed by atoms with Crippen LogP contribution in [0.3, 0.4) is 0 Å². The Bertz CT molecular complexity index is 1270. The van der Waals surface area contributed by atoms with Gasteiger partial charge in [0.1, 0.15) is 12.5 Å². The van der Waals surface area contributed by atoms with Crippen molar-refractivity contribution >= 4 is 36.8 Å². The van der Waals surface area contributed by atoms with Crippen molar-refractivity contribution in [3.8, 4) is 5.75 Å². The second-order valence-corrected chi connectivity index (χ2v) is 15.4. The number of nitro benzene ring substituents is 1. The number of nitro groups is 1. The van der Waals surface area contributed by atoms with Crippen molar-refractivity contribution in [2.45, 2.75) is 51.9 Å². The van der Waals surface area contributed by atoms with Crippen LogP contribution in [0, 0.1) is 17.0 Å². The molecular formula is C25H31N3O8Si. The average Bonchev–Trinajstić information content (AvgIpc) is 3.24. The predicted octanol–water partition coefficient (Wildman–Crippen LogP) is 4.86. The number of hydrogen-bond acceptors (Lipinski definition) is 9. The van der Waals surface area contributed by atoms with Crippen LogP contribution in [0.5, 0.6) is 5.75 Å². The van der Waals surface area contributed by atoms with Gasteiger partial charge in [-0.2, -0.15) is 5.10 Å². The molecule has 0 saturated heterocycles. The molecule has 0 bridgehead atoms. The maximum Gasteiger partial charge on any atom is 0.514 e. The van der Waals surface area contributed by atoms with Gasteiger partial charge in [0.15, 0.2) is 0 Å². The van der Waals surface area contributed by atoms with E-state index < -0.39 is 31.2 Å². The number of rotatable bonds is 11. The summed E-state index contributed by atoms with van der Waals surface area (Å²) in [6.45, 7) is 9.85. The Morgan fingerprint density at radius 3 is 2.49 bits per heavy atom. The van der Waals surface area contributed by atoms with Crippen molar-refractivity contribution in [3.63, 3.8) is 0 Å². The van der Waals surface area contributed by atoms with E-state index in [0.29, 0.717) is 18.9 Å². The molecule has 0 amide bonds. The van der Waals surface area contributed by atoms with Crippen molar-refractivity contribution in [2.75, 3.05) is 13.7 Å². The van der Waals surface area contributed by atoms with Crippen LogP contribution < -0.4 is 4.74 Å². The minimum Gasteiger partial charge on any atom is -0.466 e. The zero-order valence-corrected chi connectivity index (χ0v) is 22.6. The average molecular weight is 530 g/mol. The Balaban J connectivity index is 1.68. The highest BCUT2D eigenvalue weighted by atomic mass is 28.3. The fourth-order valence-electron chi connectivity index (χ4n) is 3.53. The highest BCUT2D eigenvalue weighted by Gasteiger charge is 2.26. The Morgan fingerprint density at radius 2 is 1.86 bits per heavy atom. The third-order valence-electron chi connectivity index (χ3n) is 5.53. The summed E-state index contributed by atoms with van der Waals surface area (Å²) in [6, 6.07) is 9.68. The molecule has 0 N–H and O–H groups in total. The predicted molar refractivity (Wildman–Crippen MR) is 138 cm³/mol. The highest BCUT2D eigenvalue weighted by Crippen LogP contribution is 2.22. The fourth-order valence-corrected chi connectivity index (χ4v) is 4.29. The molecule has 1 aromatic heterocycles. The van der Waals surface area contributed by atoms with Gasteiger partial charge in [-0.15, -0.1) is 0 Å². The van der Waals surface area contributed by atoms with Gasteiger partial charge < -0.3 is 18.9 Å². The van der Waals surface area contributed by atoms with Crippen LogP contribution in [0.4, 0.5) is 10.5 Å². The number of fused-ring (bicyclic) bond motifs is 1. The lowest BCUT2D eigenvalue weighted by Gasteiger charge is -2.16. The maximum absolute atomic E-state index is 12.3. The largest absolute Gasteiger partial charge is 0.514 e. The number of ether oxygens (including phenoxy) is 4. The number of nitrogens with zero attached hydrogens (tertiary/aromatic N) is 3. The van der Waals surface area contributed by atoms with Crippen LogP contribution >= 0.6 is 0 Å². The summed E-state index contributed by atoms with van der Waals surface area (Å²) in [4.78, 5) is 34.8. The van der Waals surface area contributed by atoms with E-state index in [1.165, 1.54) is 31.4 Å². The molecule has 12 heteroatoms. The first kappa shape index (κ1) is 27.8. The van der Waals surface area contributed by atoms with Crippen molar-refractivity contribution in [2.24, 2.45) is 0 Å². The molecule has 0 fully saturated rings. The van der Waals surface area contributed by atoms with Gasteiger partial charge in [0.2, 0.25) is 6.10 Å². The molecule has 0 radical (unpaired) electrons. The van der Waals surface area contributed by atoms with Crippen LogP contribution in [0.1, 0.15) is 11.1 Å². The molecule has 0 aliphatic heterocycles. The number of aryl methyl sites for hydroxylation is 1. The van der Waals surface area contributed by atoms with Crippen molar-refractivity contribution in [1.82, 2.24) is 9.78 Å². The smallest absolute Gasteiger partial charge is 0.466 e. The van der Waals surface area contributed by atoms with E-state index in [1.54, 1.807) is 4.68 Å². The molecule has 37 heavy (non-hydrogen) atoms. The van der Waals surface area contributed by atoms with Crippen LogP contribution in [0.2, 0.25) is 25.7 Å². The van der Waals surface area contributed by atoms with Gasteiger partial charge in [-0.05, 0) is 42.3 Å². The molecule has 11 nitrogen and oxygen atoms in total. The monoisotopic (exact) mass is 529 g/mol. The van der Waals surface area contributed by atoms with Crippen LogP contribution in [0.25, 0.3) is 10.9 Å². The number of carbonyl (C=O) groups excluding carboxylic acids is 2. The molecule has 0 saturated carbocycles. The third-order valence-corrected chi connectivity index (χ3v) is 7.24. The number of benzene rings is 2. The van der Waals surface area contributed by atoms with Crippen molar-refractivity contribution < 1.29 is 33.5 Å². The van der Waals surface area contributed by atoms with Gasteiger partial charge in [-0.3, -0.25) is 10.1 Å². The third kappa shape index (κ3) is 8.12. The summed E-state index contributed by atoms with van der Waals surface area (Å²) in [7, 11) is 0.0190. The minimum atomic E-state index is -1.26. The second kappa shape index (κ2) is 12.0. The Hall–Kier alpha value is -3.77. The van der Waals surface area contributed by atoms with Gasteiger partial charge in [0.25, 0.3) is 5.69 Å². The van der Waals surface area contributed by atoms with E-state index in [4.69, 9.17) is 18.9 Å². The molecule has 3 rings (SSSR count). The van der Waals surface area contributed by atoms with Gasteiger partial charge in [-0.25, -0.2) is 14.3 Å². The zero-order chi connectivity index (χ0) is 27.2. The Kier molecular flexibility index (Phi) is 9.00. The topological polar surface area (TPSA) is 132 Å². The summed E-state index contributed by atoms with van der Waals surface area (Å²) in [5, 5.41) is 16.3. The standard InChI is InChI=1S/C25H31N3O8Si/c1-17-12-18(13-22-21(17)15-27(26-22)16-34-10-11-37(3,4)5)14-23(24(29)33-2)36-25(30)35-20-8-6-19(7-9-20)28(31)32/h6-9,12-13,15,23H,10-11,14,16H2,1-5H3. The molecule has 1 unspecified atom stereocenters. The van der Waals surface area contributed by atoms with Gasteiger partial charge in [-0.1, -0.05) is 25.7 Å². The first-order valence-electron chi connectivity index (χ1n) is 11.7. The van der Waals surface area contributed by atoms with Crippen molar-refractivity contribution in [1.29, 1.82) is 0 Å². The lowest BCUT2D eigenvalue weighted by molar-refractivity contribution is -0.384. The molecule has 1 heterocycles. The number of methoxy groups -OCH3 is 1. The first-order valence-corrected chi connectivity index (χ1v) is 15.4. The molecule has 1 atom stereocenters. The second-order valence-electron chi connectivity index (χ2n) is 9.80. The van der Waals surface area contributed by atoms with Crippen LogP contribution in [0.15, 0.2) is 42.6 Å².